The third-order valence-electron chi connectivity index (χ3n) is 5.23. The molecule has 4 nitrogen and oxygen atoms in total. The van der Waals surface area contributed by atoms with Crippen LogP contribution in [0.15, 0.2) is 48.5 Å². The lowest BCUT2D eigenvalue weighted by Crippen LogP contribution is -2.40. The lowest BCUT2D eigenvalue weighted by molar-refractivity contribution is -0.136. The van der Waals surface area contributed by atoms with Gasteiger partial charge in [-0.1, -0.05) is 36.4 Å². The van der Waals surface area contributed by atoms with Crippen LogP contribution >= 0.6 is 0 Å². The van der Waals surface area contributed by atoms with E-state index in [4.69, 9.17) is 0 Å². The second-order valence-electron chi connectivity index (χ2n) is 7.02. The summed E-state index contributed by atoms with van der Waals surface area (Å²) in [7, 11) is 0. The Kier molecular flexibility index (Phi) is 4.04. The Labute approximate surface area is 148 Å². The Balaban J connectivity index is 1.48. The summed E-state index contributed by atoms with van der Waals surface area (Å²) in [5.74, 6) is -0.0855. The van der Waals surface area contributed by atoms with Crippen molar-refractivity contribution in [2.75, 3.05) is 18.0 Å². The van der Waals surface area contributed by atoms with Gasteiger partial charge in [-0.25, -0.2) is 0 Å². The standard InChI is InChI=1S/C21H22N2O2/c1-15-5-4-8-19(11-15)23-14-18(12-20(23)24)21(25)22-10-9-16-6-2-3-7-17(16)13-22/h2-8,11,18H,9-10,12-14H2,1H3. The molecule has 0 spiro atoms. The first kappa shape index (κ1) is 15.9. The highest BCUT2D eigenvalue weighted by Gasteiger charge is 2.37. The molecule has 1 saturated heterocycles. The maximum atomic E-state index is 12.9. The molecule has 0 saturated carbocycles. The summed E-state index contributed by atoms with van der Waals surface area (Å²) in [6.07, 6.45) is 1.20. The van der Waals surface area contributed by atoms with Crippen LogP contribution in [0.4, 0.5) is 5.69 Å². The van der Waals surface area contributed by atoms with Crippen LogP contribution in [0.2, 0.25) is 0 Å². The molecule has 1 atom stereocenters. The van der Waals surface area contributed by atoms with Crippen LogP contribution in [0.1, 0.15) is 23.1 Å². The number of benzene rings is 2. The molecule has 2 aliphatic heterocycles. The number of rotatable bonds is 2. The maximum Gasteiger partial charge on any atom is 0.228 e. The first-order chi connectivity index (χ1) is 12.1. The Morgan fingerprint density at radius 2 is 1.88 bits per heavy atom. The Morgan fingerprint density at radius 1 is 1.08 bits per heavy atom. The first-order valence-corrected chi connectivity index (χ1v) is 8.84. The van der Waals surface area contributed by atoms with Crippen molar-refractivity contribution in [2.45, 2.75) is 26.3 Å². The van der Waals surface area contributed by atoms with E-state index >= 15 is 0 Å². The predicted molar refractivity (Wildman–Crippen MR) is 97.2 cm³/mol. The van der Waals surface area contributed by atoms with Crippen molar-refractivity contribution in [3.8, 4) is 0 Å². The molecule has 2 aromatic rings. The van der Waals surface area contributed by atoms with Crippen LogP contribution < -0.4 is 4.90 Å². The van der Waals surface area contributed by atoms with E-state index in [-0.39, 0.29) is 17.7 Å². The molecule has 0 aliphatic carbocycles. The number of nitrogens with zero attached hydrogens (tertiary/aromatic N) is 2. The van der Waals surface area contributed by atoms with Gasteiger partial charge in [-0.15, -0.1) is 0 Å². The van der Waals surface area contributed by atoms with Gasteiger partial charge in [0.2, 0.25) is 11.8 Å². The maximum absolute atomic E-state index is 12.9. The van der Waals surface area contributed by atoms with E-state index in [0.717, 1.165) is 24.2 Å². The Hall–Kier alpha value is -2.62. The lowest BCUT2D eigenvalue weighted by Gasteiger charge is -2.30. The van der Waals surface area contributed by atoms with Crippen molar-refractivity contribution in [1.29, 1.82) is 0 Å². The number of aryl methyl sites for hydroxylation is 1. The van der Waals surface area contributed by atoms with Crippen molar-refractivity contribution in [2.24, 2.45) is 5.92 Å². The Bertz CT molecular complexity index is 830. The van der Waals surface area contributed by atoms with E-state index < -0.39 is 0 Å². The van der Waals surface area contributed by atoms with E-state index in [0.29, 0.717) is 19.5 Å². The van der Waals surface area contributed by atoms with Crippen LogP contribution in [0.3, 0.4) is 0 Å². The number of carbonyl (C=O) groups excluding carboxylic acids is 2. The monoisotopic (exact) mass is 334 g/mol. The van der Waals surface area contributed by atoms with E-state index in [1.54, 1.807) is 4.90 Å². The highest BCUT2D eigenvalue weighted by molar-refractivity contribution is 6.00. The minimum absolute atomic E-state index is 0.0429. The molecule has 4 heteroatoms. The molecule has 0 N–H and O–H groups in total. The zero-order chi connectivity index (χ0) is 17.4. The van der Waals surface area contributed by atoms with E-state index in [9.17, 15) is 9.59 Å². The van der Waals surface area contributed by atoms with Gasteiger partial charge in [-0.3, -0.25) is 9.59 Å². The van der Waals surface area contributed by atoms with E-state index in [1.807, 2.05) is 48.2 Å². The lowest BCUT2D eigenvalue weighted by atomic mass is 9.98. The second-order valence-corrected chi connectivity index (χ2v) is 7.02. The van der Waals surface area contributed by atoms with Crippen LogP contribution in [0, 0.1) is 12.8 Å². The van der Waals surface area contributed by atoms with Gasteiger partial charge in [-0.05, 0) is 42.2 Å². The molecular weight excluding hydrogens is 312 g/mol. The Morgan fingerprint density at radius 3 is 2.68 bits per heavy atom. The zero-order valence-corrected chi connectivity index (χ0v) is 14.4. The van der Waals surface area contributed by atoms with Gasteiger partial charge in [-0.2, -0.15) is 0 Å². The summed E-state index contributed by atoms with van der Waals surface area (Å²) < 4.78 is 0. The summed E-state index contributed by atoms with van der Waals surface area (Å²) in [4.78, 5) is 29.1. The summed E-state index contributed by atoms with van der Waals surface area (Å²) in [5, 5.41) is 0. The molecular formula is C21H22N2O2. The average molecular weight is 334 g/mol. The van der Waals surface area contributed by atoms with Crippen LogP contribution in [-0.2, 0) is 22.6 Å². The molecule has 0 aromatic heterocycles. The fraction of sp³-hybridized carbons (Fsp3) is 0.333. The summed E-state index contributed by atoms with van der Waals surface area (Å²) >= 11 is 0. The zero-order valence-electron chi connectivity index (χ0n) is 14.4. The number of amides is 2. The van der Waals surface area contributed by atoms with Crippen molar-refractivity contribution in [3.63, 3.8) is 0 Å². The molecule has 25 heavy (non-hydrogen) atoms. The fourth-order valence-corrected chi connectivity index (χ4v) is 3.86. The number of hydrogen-bond donors (Lipinski definition) is 0. The molecule has 2 amide bonds. The smallest absolute Gasteiger partial charge is 0.228 e. The molecule has 2 aliphatic rings. The van der Waals surface area contributed by atoms with Crippen LogP contribution in [-0.4, -0.2) is 29.8 Å². The van der Waals surface area contributed by atoms with Gasteiger partial charge in [0, 0.05) is 31.7 Å². The van der Waals surface area contributed by atoms with Gasteiger partial charge in [0.25, 0.3) is 0 Å². The number of anilines is 1. The van der Waals surface area contributed by atoms with Gasteiger partial charge in [0.1, 0.15) is 0 Å². The summed E-state index contributed by atoms with van der Waals surface area (Å²) in [6, 6.07) is 16.2. The topological polar surface area (TPSA) is 40.6 Å². The minimum atomic E-state index is -0.238. The van der Waals surface area contributed by atoms with Gasteiger partial charge in [0.15, 0.2) is 0 Å². The first-order valence-electron chi connectivity index (χ1n) is 8.84. The number of fused-ring (bicyclic) bond motifs is 1. The summed E-state index contributed by atoms with van der Waals surface area (Å²) in [6.45, 7) is 3.90. The molecule has 2 aromatic carbocycles. The van der Waals surface area contributed by atoms with Gasteiger partial charge >= 0.3 is 0 Å². The summed E-state index contributed by atoms with van der Waals surface area (Å²) in [5.41, 5.74) is 4.56. The molecule has 0 radical (unpaired) electrons. The average Bonchev–Trinajstić information content (AvgIpc) is 3.02. The quantitative estimate of drug-likeness (QED) is 0.847. The molecule has 128 valence electrons. The SMILES string of the molecule is Cc1cccc(N2CC(C(=O)N3CCc4ccccc4C3)CC2=O)c1. The second kappa shape index (κ2) is 6.36. The van der Waals surface area contributed by atoms with Crippen molar-refractivity contribution >= 4 is 17.5 Å². The molecule has 4 rings (SSSR count). The largest absolute Gasteiger partial charge is 0.338 e. The highest BCUT2D eigenvalue weighted by Crippen LogP contribution is 2.28. The number of carbonyl (C=O) groups is 2. The third-order valence-corrected chi connectivity index (χ3v) is 5.23. The fourth-order valence-electron chi connectivity index (χ4n) is 3.86. The van der Waals surface area contributed by atoms with E-state index in [1.165, 1.54) is 11.1 Å². The van der Waals surface area contributed by atoms with Crippen LogP contribution in [0.5, 0.6) is 0 Å². The van der Waals surface area contributed by atoms with Crippen molar-refractivity contribution in [1.82, 2.24) is 4.90 Å². The third kappa shape index (κ3) is 3.04. The molecule has 1 fully saturated rings. The normalized spacial score (nSPS) is 19.9. The molecule has 2 heterocycles. The van der Waals surface area contributed by atoms with E-state index in [2.05, 4.69) is 12.1 Å². The molecule has 0 bridgehead atoms. The van der Waals surface area contributed by atoms with Crippen molar-refractivity contribution < 1.29 is 9.59 Å². The van der Waals surface area contributed by atoms with Crippen molar-refractivity contribution in [3.05, 3.63) is 65.2 Å². The van der Waals surface area contributed by atoms with Crippen LogP contribution in [0.25, 0.3) is 0 Å². The molecule has 1 unspecified atom stereocenters. The highest BCUT2D eigenvalue weighted by atomic mass is 16.2. The van der Waals surface area contributed by atoms with Gasteiger partial charge in [0.05, 0.1) is 5.92 Å². The minimum Gasteiger partial charge on any atom is -0.338 e. The predicted octanol–water partition coefficient (Wildman–Crippen LogP) is 2.93. The van der Waals surface area contributed by atoms with Gasteiger partial charge < -0.3 is 9.80 Å². The number of hydrogen-bond acceptors (Lipinski definition) is 2.